The van der Waals surface area contributed by atoms with Crippen molar-refractivity contribution < 1.29 is 24.2 Å². The molecule has 0 bridgehead atoms. The predicted octanol–water partition coefficient (Wildman–Crippen LogP) is 3.67. The number of hydrogen-bond acceptors (Lipinski definition) is 4. The monoisotopic (exact) mass is 436 g/mol. The summed E-state index contributed by atoms with van der Waals surface area (Å²) in [5.41, 5.74) is 3.38. The van der Waals surface area contributed by atoms with Gasteiger partial charge in [-0.2, -0.15) is 0 Å². The molecule has 7 nitrogen and oxygen atoms in total. The van der Waals surface area contributed by atoms with Gasteiger partial charge in [-0.1, -0.05) is 68.3 Å². The summed E-state index contributed by atoms with van der Waals surface area (Å²) in [5, 5.41) is 14.8. The Hall–Kier alpha value is -3.35. The summed E-state index contributed by atoms with van der Waals surface area (Å²) in [6.45, 7) is 1.92. The average molecular weight is 437 g/mol. The minimum atomic E-state index is -1.19. The molecule has 4 rings (SSSR count). The number of aliphatic carboxylic acids is 1. The molecule has 2 aliphatic carbocycles. The number of carboxylic acid groups (broad SMARTS) is 1. The van der Waals surface area contributed by atoms with Crippen molar-refractivity contribution in [3.63, 3.8) is 0 Å². The lowest BCUT2D eigenvalue weighted by Gasteiger charge is -2.27. The molecule has 1 atom stereocenters. The number of ether oxygens (including phenoxy) is 1. The van der Waals surface area contributed by atoms with Crippen LogP contribution in [0.15, 0.2) is 48.5 Å². The van der Waals surface area contributed by atoms with Gasteiger partial charge < -0.3 is 20.5 Å². The number of nitrogens with one attached hydrogen (secondary N) is 2. The van der Waals surface area contributed by atoms with Gasteiger partial charge in [-0.3, -0.25) is 4.79 Å². The number of benzene rings is 2. The first kappa shape index (κ1) is 21.9. The van der Waals surface area contributed by atoms with Crippen LogP contribution in [0.5, 0.6) is 0 Å². The van der Waals surface area contributed by atoms with Crippen molar-refractivity contribution in [3.8, 4) is 11.1 Å². The van der Waals surface area contributed by atoms with E-state index >= 15 is 0 Å². The van der Waals surface area contributed by atoms with Crippen LogP contribution in [0.1, 0.15) is 49.7 Å². The Labute approximate surface area is 187 Å². The predicted molar refractivity (Wildman–Crippen MR) is 119 cm³/mol. The van der Waals surface area contributed by atoms with Gasteiger partial charge in [0.2, 0.25) is 5.91 Å². The fourth-order valence-corrected chi connectivity index (χ4v) is 4.71. The van der Waals surface area contributed by atoms with E-state index in [0.29, 0.717) is 12.8 Å². The summed E-state index contributed by atoms with van der Waals surface area (Å²) in [6, 6.07) is 16.2. The second-order valence-electron chi connectivity index (χ2n) is 8.69. The molecule has 1 unspecified atom stereocenters. The van der Waals surface area contributed by atoms with E-state index in [1.165, 1.54) is 0 Å². The highest BCUT2D eigenvalue weighted by atomic mass is 16.5. The molecule has 1 fully saturated rings. The molecule has 0 aromatic heterocycles. The zero-order valence-corrected chi connectivity index (χ0v) is 18.1. The van der Waals surface area contributed by atoms with Crippen LogP contribution in [0, 0.1) is 5.92 Å². The Morgan fingerprint density at radius 1 is 1.03 bits per heavy atom. The molecular formula is C25H28N2O5. The molecule has 0 spiro atoms. The fraction of sp³-hybridized carbons (Fsp3) is 0.400. The lowest BCUT2D eigenvalue weighted by molar-refractivity contribution is -0.148. The number of alkyl carbamates (subject to hydrolysis) is 1. The van der Waals surface area contributed by atoms with Crippen LogP contribution < -0.4 is 10.6 Å². The van der Waals surface area contributed by atoms with Crippen molar-refractivity contribution in [3.05, 3.63) is 59.7 Å². The van der Waals surface area contributed by atoms with Crippen molar-refractivity contribution in [1.82, 2.24) is 10.6 Å². The number of carboxylic acids is 1. The highest BCUT2D eigenvalue weighted by molar-refractivity contribution is 5.88. The molecule has 0 heterocycles. The number of carbonyl (C=O) groups is 3. The second kappa shape index (κ2) is 9.02. The van der Waals surface area contributed by atoms with Crippen molar-refractivity contribution in [2.45, 2.75) is 44.1 Å². The van der Waals surface area contributed by atoms with Gasteiger partial charge in [-0.05, 0) is 35.1 Å². The van der Waals surface area contributed by atoms with E-state index in [9.17, 15) is 19.5 Å². The molecule has 7 heteroatoms. The number of carbonyl (C=O) groups excluding carboxylic acids is 2. The van der Waals surface area contributed by atoms with Crippen LogP contribution >= 0.6 is 0 Å². The minimum absolute atomic E-state index is 0.0355. The fourth-order valence-electron chi connectivity index (χ4n) is 4.71. The first-order valence-corrected chi connectivity index (χ1v) is 11.1. The van der Waals surface area contributed by atoms with Gasteiger partial charge in [0.15, 0.2) is 0 Å². The molecule has 168 valence electrons. The summed E-state index contributed by atoms with van der Waals surface area (Å²) in [7, 11) is 0. The first-order chi connectivity index (χ1) is 15.4. The molecular weight excluding hydrogens is 408 g/mol. The maximum Gasteiger partial charge on any atom is 0.407 e. The highest BCUT2D eigenvalue weighted by Gasteiger charge is 2.43. The van der Waals surface area contributed by atoms with Crippen molar-refractivity contribution >= 4 is 18.0 Å². The van der Waals surface area contributed by atoms with Crippen molar-refractivity contribution in [2.75, 3.05) is 13.2 Å². The molecule has 2 aliphatic rings. The quantitative estimate of drug-likeness (QED) is 0.614. The van der Waals surface area contributed by atoms with E-state index in [1.54, 1.807) is 6.92 Å². The van der Waals surface area contributed by atoms with Gasteiger partial charge in [-0.25, -0.2) is 9.59 Å². The van der Waals surface area contributed by atoms with Crippen molar-refractivity contribution in [2.24, 2.45) is 5.92 Å². The molecule has 3 N–H and O–H groups in total. The van der Waals surface area contributed by atoms with Gasteiger partial charge in [0, 0.05) is 12.5 Å². The third kappa shape index (κ3) is 4.20. The maximum absolute atomic E-state index is 12.5. The molecule has 2 aromatic carbocycles. The molecule has 1 saturated carbocycles. The topological polar surface area (TPSA) is 105 Å². The van der Waals surface area contributed by atoms with E-state index < -0.39 is 23.5 Å². The van der Waals surface area contributed by atoms with Crippen LogP contribution in [0.25, 0.3) is 11.1 Å². The summed E-state index contributed by atoms with van der Waals surface area (Å²) in [5.74, 6) is -1.99. The Kier molecular flexibility index (Phi) is 6.17. The van der Waals surface area contributed by atoms with Crippen LogP contribution in [0.3, 0.4) is 0 Å². The van der Waals surface area contributed by atoms with Crippen LogP contribution in [0.2, 0.25) is 0 Å². The van der Waals surface area contributed by atoms with Gasteiger partial charge >= 0.3 is 12.1 Å². The smallest absolute Gasteiger partial charge is 0.407 e. The van der Waals surface area contributed by atoms with Crippen LogP contribution in [-0.4, -0.2) is 41.8 Å². The molecule has 32 heavy (non-hydrogen) atoms. The molecule has 0 aliphatic heterocycles. The zero-order valence-electron chi connectivity index (χ0n) is 18.1. The molecule has 0 radical (unpaired) electrons. The van der Waals surface area contributed by atoms with E-state index in [1.807, 2.05) is 24.3 Å². The third-order valence-corrected chi connectivity index (χ3v) is 6.57. The minimum Gasteiger partial charge on any atom is -0.480 e. The average Bonchev–Trinajstić information content (AvgIpc) is 3.40. The summed E-state index contributed by atoms with van der Waals surface area (Å²) in [4.78, 5) is 36.4. The summed E-state index contributed by atoms with van der Waals surface area (Å²) in [6.07, 6.45) is 1.82. The SMILES string of the molecule is CC(CNC(=O)OCC1c2ccccc2-c2ccccc21)C(=O)NC1(C(=O)O)CCCC1. The normalized spacial score (nSPS) is 17.2. The zero-order chi connectivity index (χ0) is 22.7. The van der Waals surface area contributed by atoms with E-state index in [0.717, 1.165) is 35.1 Å². The first-order valence-electron chi connectivity index (χ1n) is 11.1. The Bertz CT molecular complexity index is 983. The number of rotatable bonds is 7. The van der Waals surface area contributed by atoms with E-state index in [2.05, 4.69) is 34.9 Å². The molecule has 2 amide bonds. The van der Waals surface area contributed by atoms with E-state index in [4.69, 9.17) is 4.74 Å². The lowest BCUT2D eigenvalue weighted by Crippen LogP contribution is -2.54. The maximum atomic E-state index is 12.5. The van der Waals surface area contributed by atoms with Gasteiger partial charge in [0.25, 0.3) is 0 Å². The second-order valence-corrected chi connectivity index (χ2v) is 8.69. The Morgan fingerprint density at radius 3 is 2.16 bits per heavy atom. The van der Waals surface area contributed by atoms with Crippen LogP contribution in [-0.2, 0) is 14.3 Å². The van der Waals surface area contributed by atoms with Crippen molar-refractivity contribution in [1.29, 1.82) is 0 Å². The Morgan fingerprint density at radius 2 is 1.59 bits per heavy atom. The third-order valence-electron chi connectivity index (χ3n) is 6.57. The standard InChI is InChI=1S/C25H28N2O5/c1-16(22(28)27-25(23(29)30)12-6-7-13-25)14-26-24(31)32-15-21-19-10-4-2-8-17(19)18-9-3-5-11-20(18)21/h2-5,8-11,16,21H,6-7,12-15H2,1H3,(H,26,31)(H,27,28)(H,29,30). The number of hydrogen-bond donors (Lipinski definition) is 3. The van der Waals surface area contributed by atoms with E-state index in [-0.39, 0.29) is 25.0 Å². The Balaban J connectivity index is 1.30. The van der Waals surface area contributed by atoms with Gasteiger partial charge in [-0.15, -0.1) is 0 Å². The van der Waals surface area contributed by atoms with Gasteiger partial charge in [0.05, 0.1) is 5.92 Å². The number of amides is 2. The highest BCUT2D eigenvalue weighted by Crippen LogP contribution is 2.44. The summed E-state index contributed by atoms with van der Waals surface area (Å²) >= 11 is 0. The van der Waals surface area contributed by atoms with Crippen LogP contribution in [0.4, 0.5) is 4.79 Å². The molecule has 2 aromatic rings. The summed E-state index contributed by atoms with van der Waals surface area (Å²) < 4.78 is 5.49. The number of fused-ring (bicyclic) bond motifs is 3. The largest absolute Gasteiger partial charge is 0.480 e. The van der Waals surface area contributed by atoms with Gasteiger partial charge in [0.1, 0.15) is 12.1 Å². The lowest BCUT2D eigenvalue weighted by atomic mass is 9.96. The molecule has 0 saturated heterocycles.